The minimum Gasteiger partial charge on any atom is -0.331 e. The topological polar surface area (TPSA) is 56.3 Å². The molecule has 5 aliphatic carbocycles. The van der Waals surface area contributed by atoms with Gasteiger partial charge in [-0.3, -0.25) is 4.79 Å². The molecule has 0 N–H and O–H groups in total. The normalized spacial score (nSPS) is 47.5. The zero-order valence-electron chi connectivity index (χ0n) is 24.2. The fourth-order valence-corrected chi connectivity index (χ4v) is 10.7. The van der Waals surface area contributed by atoms with Gasteiger partial charge in [0.25, 0.3) is 0 Å². The van der Waals surface area contributed by atoms with Crippen LogP contribution in [0.2, 0.25) is 0 Å². The number of carbonyl (C=O) groups excluding carboxylic acids is 2. The van der Waals surface area contributed by atoms with Crippen LogP contribution in [0.5, 0.6) is 0 Å². The number of rotatable bonds is 1. The smallest absolute Gasteiger partial charge is 0.226 e. The second-order valence-electron chi connectivity index (χ2n) is 14.7. The lowest BCUT2D eigenvalue weighted by Gasteiger charge is -2.69. The molecule has 5 nitrogen and oxygen atoms in total. The first-order chi connectivity index (χ1) is 17.8. The number of Topliss-reactive ketones (excluding diaryl/α,β-unsaturated/α-hetero) is 1. The maximum absolute atomic E-state index is 14.6. The number of fused-ring (bicyclic) bond motifs is 7. The molecule has 0 saturated heterocycles. The van der Waals surface area contributed by atoms with E-state index in [0.717, 1.165) is 32.1 Å². The van der Waals surface area contributed by atoms with Crippen LogP contribution in [0.1, 0.15) is 87.0 Å². The fourth-order valence-electron chi connectivity index (χ4n) is 10.7. The van der Waals surface area contributed by atoms with E-state index in [-0.39, 0.29) is 51.4 Å². The Morgan fingerprint density at radius 2 is 1.76 bits per heavy atom. The van der Waals surface area contributed by atoms with Crippen LogP contribution >= 0.6 is 0 Å². The van der Waals surface area contributed by atoms with Crippen molar-refractivity contribution in [3.05, 3.63) is 53.6 Å². The van der Waals surface area contributed by atoms with Crippen molar-refractivity contribution >= 4 is 11.6 Å². The highest BCUT2D eigenvalue weighted by atomic mass is 16.1. The average molecular weight is 514 g/mol. The molecule has 1 aromatic rings. The first-order valence-corrected chi connectivity index (χ1v) is 14.7. The summed E-state index contributed by atoms with van der Waals surface area (Å²) < 4.78 is 2.35. The SMILES string of the molecule is [C-]#[N+]C1=C[C@]2(C)C3=CC(=O)[C@@H]4[C@@H]5[C@@H](C)[C@H](C)CC[C@]5(n5ccnc5)CC[C@@]4(C)[C@]3(C)CC[C@H]2C(C)(C)C1=O. The minimum absolute atomic E-state index is 0.0433. The summed E-state index contributed by atoms with van der Waals surface area (Å²) in [6.07, 6.45) is 16.2. The lowest BCUT2D eigenvalue weighted by atomic mass is 9.35. The van der Waals surface area contributed by atoms with E-state index < -0.39 is 10.8 Å². The number of imidazole rings is 1. The first kappa shape index (κ1) is 25.8. The number of ketones is 2. The van der Waals surface area contributed by atoms with E-state index in [1.165, 1.54) is 12.0 Å². The molecule has 0 aromatic carbocycles. The molecule has 0 radical (unpaired) electrons. The van der Waals surface area contributed by atoms with Crippen LogP contribution in [0, 0.1) is 57.8 Å². The van der Waals surface area contributed by atoms with E-state index in [1.807, 2.05) is 38.5 Å². The quantitative estimate of drug-likeness (QED) is 0.379. The molecular formula is C33H43N3O2. The number of hydrogen-bond donors (Lipinski definition) is 0. The molecule has 202 valence electrons. The summed E-state index contributed by atoms with van der Waals surface area (Å²) in [6, 6.07) is 0. The third-order valence-electron chi connectivity index (χ3n) is 13.2. The fraction of sp³-hybridized carbons (Fsp3) is 0.697. The summed E-state index contributed by atoms with van der Waals surface area (Å²) >= 11 is 0. The van der Waals surface area contributed by atoms with E-state index in [2.05, 4.69) is 55.2 Å². The molecule has 1 heterocycles. The molecule has 3 saturated carbocycles. The van der Waals surface area contributed by atoms with Crippen molar-refractivity contribution in [2.24, 2.45) is 51.2 Å². The van der Waals surface area contributed by atoms with Gasteiger partial charge < -0.3 is 9.36 Å². The van der Waals surface area contributed by atoms with Gasteiger partial charge in [0.2, 0.25) is 5.70 Å². The third-order valence-corrected chi connectivity index (χ3v) is 13.2. The number of allylic oxidation sites excluding steroid dienone is 4. The summed E-state index contributed by atoms with van der Waals surface area (Å²) in [4.78, 5) is 36.0. The Hall–Kier alpha value is -2.48. The maximum atomic E-state index is 14.6. The van der Waals surface area contributed by atoms with Gasteiger partial charge in [-0.25, -0.2) is 9.83 Å². The Balaban J connectivity index is 1.55. The second-order valence-corrected chi connectivity index (χ2v) is 14.7. The highest BCUT2D eigenvalue weighted by Crippen LogP contribution is 2.74. The Kier molecular flexibility index (Phi) is 5.29. The van der Waals surface area contributed by atoms with Gasteiger partial charge in [0.1, 0.15) is 0 Å². The van der Waals surface area contributed by atoms with E-state index in [9.17, 15) is 9.59 Å². The minimum atomic E-state index is -0.622. The van der Waals surface area contributed by atoms with E-state index in [1.54, 1.807) is 0 Å². The Morgan fingerprint density at radius 1 is 1.03 bits per heavy atom. The van der Waals surface area contributed by atoms with Gasteiger partial charge in [0.15, 0.2) is 11.6 Å². The van der Waals surface area contributed by atoms with Crippen LogP contribution in [0.3, 0.4) is 0 Å². The molecule has 0 aliphatic heterocycles. The van der Waals surface area contributed by atoms with Crippen LogP contribution in [0.15, 0.2) is 42.1 Å². The number of aromatic nitrogens is 2. The molecule has 0 amide bonds. The first-order valence-electron chi connectivity index (χ1n) is 14.7. The highest BCUT2D eigenvalue weighted by molar-refractivity contribution is 6.03. The molecule has 0 bridgehead atoms. The number of hydrogen-bond acceptors (Lipinski definition) is 3. The van der Waals surface area contributed by atoms with Crippen molar-refractivity contribution in [2.45, 2.75) is 92.5 Å². The molecule has 0 unspecified atom stereocenters. The predicted octanol–water partition coefficient (Wildman–Crippen LogP) is 7.02. The van der Waals surface area contributed by atoms with Crippen LogP contribution in [-0.2, 0) is 15.1 Å². The van der Waals surface area contributed by atoms with E-state index in [4.69, 9.17) is 6.57 Å². The summed E-state index contributed by atoms with van der Waals surface area (Å²) in [7, 11) is 0. The van der Waals surface area contributed by atoms with Crippen molar-refractivity contribution in [2.75, 3.05) is 0 Å². The van der Waals surface area contributed by atoms with Crippen LogP contribution in [0.4, 0.5) is 0 Å². The lowest BCUT2D eigenvalue weighted by Crippen LogP contribution is -2.67. The van der Waals surface area contributed by atoms with Gasteiger partial charge in [0, 0.05) is 34.7 Å². The van der Waals surface area contributed by atoms with E-state index >= 15 is 0 Å². The molecule has 6 rings (SSSR count). The van der Waals surface area contributed by atoms with Gasteiger partial charge in [-0.2, -0.15) is 0 Å². The summed E-state index contributed by atoms with van der Waals surface area (Å²) in [5, 5.41) is 0. The lowest BCUT2D eigenvalue weighted by molar-refractivity contribution is -0.172. The largest absolute Gasteiger partial charge is 0.331 e. The Labute approximate surface area is 228 Å². The number of nitrogens with zero attached hydrogens (tertiary/aromatic N) is 3. The number of carbonyl (C=O) groups is 2. The van der Waals surface area contributed by atoms with E-state index in [0.29, 0.717) is 11.8 Å². The second kappa shape index (κ2) is 7.80. The predicted molar refractivity (Wildman–Crippen MR) is 148 cm³/mol. The molecule has 0 spiro atoms. The average Bonchev–Trinajstić information content (AvgIpc) is 3.41. The standard InChI is InChI=1S/C33H43N3O2/c1-20-9-12-33(36-16-15-35-19-36)14-13-32(7)27(26(33)21(20)2)23(37)17-25-30(5)18-22(34-8)28(38)29(3,4)24(30)10-11-31(25,32)6/h15-21,24,26-27H,9-14H2,1-7H3/t20-,21+,24+,26+,27-,30+,31-,32-,33+/m1/s1. The van der Waals surface area contributed by atoms with Crippen LogP contribution in [-0.4, -0.2) is 21.1 Å². The maximum Gasteiger partial charge on any atom is 0.226 e. The van der Waals surface area contributed by atoms with Crippen molar-refractivity contribution in [1.82, 2.24) is 9.55 Å². The van der Waals surface area contributed by atoms with Gasteiger partial charge >= 0.3 is 0 Å². The summed E-state index contributed by atoms with van der Waals surface area (Å²) in [5.41, 5.74) is -0.0875. The molecule has 3 fully saturated rings. The molecular weight excluding hydrogens is 470 g/mol. The molecule has 9 atom stereocenters. The molecule has 5 heteroatoms. The summed E-state index contributed by atoms with van der Waals surface area (Å²) in [6.45, 7) is 23.6. The van der Waals surface area contributed by atoms with Gasteiger partial charge in [-0.1, -0.05) is 60.1 Å². The van der Waals surface area contributed by atoms with Gasteiger partial charge in [-0.05, 0) is 79.1 Å². The van der Waals surface area contributed by atoms with Gasteiger partial charge in [-0.15, -0.1) is 0 Å². The van der Waals surface area contributed by atoms with Crippen molar-refractivity contribution < 1.29 is 9.59 Å². The monoisotopic (exact) mass is 513 g/mol. The third kappa shape index (κ3) is 2.85. The van der Waals surface area contributed by atoms with Gasteiger partial charge in [0.05, 0.1) is 12.9 Å². The highest BCUT2D eigenvalue weighted by Gasteiger charge is 2.70. The van der Waals surface area contributed by atoms with Crippen molar-refractivity contribution in [1.29, 1.82) is 0 Å². The van der Waals surface area contributed by atoms with Crippen molar-refractivity contribution in [3.8, 4) is 0 Å². The Morgan fingerprint density at radius 3 is 2.42 bits per heavy atom. The zero-order chi connectivity index (χ0) is 27.5. The Bertz CT molecular complexity index is 1310. The van der Waals surface area contributed by atoms with Crippen LogP contribution in [0.25, 0.3) is 4.85 Å². The van der Waals surface area contributed by atoms with Crippen molar-refractivity contribution in [3.63, 3.8) is 0 Å². The molecule has 5 aliphatic rings. The molecule has 1 aromatic heterocycles. The zero-order valence-corrected chi connectivity index (χ0v) is 24.2. The van der Waals surface area contributed by atoms with Crippen LogP contribution < -0.4 is 0 Å². The molecule has 38 heavy (non-hydrogen) atoms. The summed E-state index contributed by atoms with van der Waals surface area (Å²) in [5.74, 6) is 1.53.